The molecule has 2 aliphatic heterocycles. The van der Waals surface area contributed by atoms with Crippen molar-refractivity contribution in [1.82, 2.24) is 4.90 Å². The summed E-state index contributed by atoms with van der Waals surface area (Å²) in [6.07, 6.45) is 5.49. The van der Waals surface area contributed by atoms with Crippen LogP contribution in [0.3, 0.4) is 0 Å². The van der Waals surface area contributed by atoms with Crippen molar-refractivity contribution in [2.45, 2.75) is 16.9 Å². The van der Waals surface area contributed by atoms with E-state index in [4.69, 9.17) is 12.2 Å². The molecule has 6 nitrogen and oxygen atoms in total. The van der Waals surface area contributed by atoms with E-state index in [-0.39, 0.29) is 29.4 Å². The molecule has 0 saturated carbocycles. The van der Waals surface area contributed by atoms with E-state index in [0.717, 1.165) is 0 Å². The number of fused-ring (bicyclic) bond motifs is 2. The number of amides is 2. The minimum atomic E-state index is -3.38. The lowest BCUT2D eigenvalue weighted by molar-refractivity contribution is 0.176. The third kappa shape index (κ3) is 1.69. The topological polar surface area (TPSA) is 92.8 Å². The highest BCUT2D eigenvalue weighted by Crippen LogP contribution is 2.44. The minimum absolute atomic E-state index is 0.0252. The monoisotopic (exact) mass is 303 g/mol. The second-order valence-corrected chi connectivity index (χ2v) is 7.07. The summed E-state index contributed by atoms with van der Waals surface area (Å²) in [7, 11) is -3.38. The van der Waals surface area contributed by atoms with Crippen LogP contribution in [0.25, 0.3) is 0 Å². The first-order valence-electron chi connectivity index (χ1n) is 6.35. The van der Waals surface area contributed by atoms with Gasteiger partial charge in [0, 0.05) is 5.56 Å². The van der Waals surface area contributed by atoms with E-state index in [1.54, 1.807) is 18.2 Å². The van der Waals surface area contributed by atoms with Gasteiger partial charge in [-0.15, -0.1) is 6.42 Å². The van der Waals surface area contributed by atoms with E-state index in [1.165, 1.54) is 11.0 Å². The zero-order chi connectivity index (χ0) is 15.3. The molecule has 0 radical (unpaired) electrons. The largest absolute Gasteiger partial charge is 0.385 e. The van der Waals surface area contributed by atoms with Gasteiger partial charge in [0.1, 0.15) is 11.4 Å². The second-order valence-electron chi connectivity index (χ2n) is 5.00. The number of hydrogen-bond donors (Lipinski definition) is 1. The van der Waals surface area contributed by atoms with Crippen LogP contribution in [0, 0.1) is 12.3 Å². The van der Waals surface area contributed by atoms with Gasteiger partial charge in [0.25, 0.3) is 0 Å². The summed E-state index contributed by atoms with van der Waals surface area (Å²) >= 11 is 0. The Bertz CT molecular complexity index is 807. The van der Waals surface area contributed by atoms with Crippen LogP contribution in [0.5, 0.6) is 0 Å². The van der Waals surface area contributed by atoms with Crippen LogP contribution in [0.2, 0.25) is 0 Å². The summed E-state index contributed by atoms with van der Waals surface area (Å²) in [5, 5.41) is 0. The number of aliphatic imine (C=N–C) groups is 1. The highest BCUT2D eigenvalue weighted by molar-refractivity contribution is 7.91. The normalized spacial score (nSPS) is 26.3. The van der Waals surface area contributed by atoms with Crippen LogP contribution < -0.4 is 5.73 Å². The Morgan fingerprint density at radius 1 is 1.43 bits per heavy atom. The molecule has 0 saturated heterocycles. The van der Waals surface area contributed by atoms with Gasteiger partial charge in [-0.2, -0.15) is 4.99 Å². The first-order chi connectivity index (χ1) is 9.93. The number of urea groups is 1. The van der Waals surface area contributed by atoms with Gasteiger partial charge in [0.15, 0.2) is 9.84 Å². The number of sulfone groups is 1. The molecule has 2 N–H and O–H groups in total. The van der Waals surface area contributed by atoms with Gasteiger partial charge in [-0.1, -0.05) is 24.1 Å². The molecule has 0 bridgehead atoms. The Morgan fingerprint density at radius 2 is 2.14 bits per heavy atom. The van der Waals surface area contributed by atoms with Crippen molar-refractivity contribution < 1.29 is 13.2 Å². The number of benzene rings is 1. The van der Waals surface area contributed by atoms with Gasteiger partial charge >= 0.3 is 6.03 Å². The molecule has 0 fully saturated rings. The number of nitrogens with zero attached hydrogens (tertiary/aromatic N) is 2. The van der Waals surface area contributed by atoms with Crippen LogP contribution >= 0.6 is 0 Å². The van der Waals surface area contributed by atoms with E-state index in [1.807, 2.05) is 0 Å². The summed E-state index contributed by atoms with van der Waals surface area (Å²) in [4.78, 5) is 17.4. The number of carbonyl (C=O) groups is 1. The zero-order valence-corrected chi connectivity index (χ0v) is 11.9. The van der Waals surface area contributed by atoms with E-state index in [0.29, 0.717) is 5.56 Å². The number of terminal acetylenes is 1. The first kappa shape index (κ1) is 13.6. The van der Waals surface area contributed by atoms with Crippen molar-refractivity contribution in [3.8, 4) is 12.3 Å². The molecule has 2 amide bonds. The van der Waals surface area contributed by atoms with E-state index >= 15 is 0 Å². The number of amidine groups is 1. The van der Waals surface area contributed by atoms with Crippen molar-refractivity contribution in [3.05, 3.63) is 29.8 Å². The Balaban J connectivity index is 2.30. The summed E-state index contributed by atoms with van der Waals surface area (Å²) < 4.78 is 24.5. The van der Waals surface area contributed by atoms with Crippen LogP contribution in [-0.4, -0.2) is 37.5 Å². The molecule has 0 aliphatic carbocycles. The Morgan fingerprint density at radius 3 is 2.86 bits per heavy atom. The van der Waals surface area contributed by atoms with Gasteiger partial charge < -0.3 is 5.73 Å². The summed E-state index contributed by atoms with van der Waals surface area (Å²) in [6, 6.07) is 6.02. The molecule has 21 heavy (non-hydrogen) atoms. The summed E-state index contributed by atoms with van der Waals surface area (Å²) in [6.45, 7) is 0.0252. The molecule has 108 valence electrons. The summed E-state index contributed by atoms with van der Waals surface area (Å²) in [5.41, 5.74) is 5.40. The predicted molar refractivity (Wildman–Crippen MR) is 77.3 cm³/mol. The molecular weight excluding hydrogens is 290 g/mol. The molecule has 1 unspecified atom stereocenters. The van der Waals surface area contributed by atoms with Gasteiger partial charge in [0.05, 0.1) is 17.2 Å². The standard InChI is InChI=1S/C14H13N3O3S/c1-2-8-17-13(18)16-12(15)14(17)7-9-21(19,20)11-6-4-3-5-10(11)14/h1,3-6H,7-9H2,(H2,15,16,18). The molecule has 1 aromatic rings. The summed E-state index contributed by atoms with van der Waals surface area (Å²) in [5.74, 6) is 2.41. The van der Waals surface area contributed by atoms with Crippen molar-refractivity contribution in [3.63, 3.8) is 0 Å². The fourth-order valence-electron chi connectivity index (χ4n) is 3.00. The van der Waals surface area contributed by atoms with Crippen molar-refractivity contribution in [1.29, 1.82) is 0 Å². The fraction of sp³-hybridized carbons (Fsp3) is 0.286. The Labute approximate surface area is 122 Å². The maximum absolute atomic E-state index is 12.2. The van der Waals surface area contributed by atoms with E-state index in [2.05, 4.69) is 10.9 Å². The molecular formula is C14H13N3O3S. The lowest BCUT2D eigenvalue weighted by atomic mass is 9.84. The average molecular weight is 303 g/mol. The lowest BCUT2D eigenvalue weighted by Gasteiger charge is -2.41. The van der Waals surface area contributed by atoms with Gasteiger partial charge in [-0.25, -0.2) is 13.2 Å². The van der Waals surface area contributed by atoms with Gasteiger partial charge in [0.2, 0.25) is 0 Å². The van der Waals surface area contributed by atoms with Crippen molar-refractivity contribution >= 4 is 21.7 Å². The first-order valence-corrected chi connectivity index (χ1v) is 8.00. The molecule has 3 rings (SSSR count). The molecule has 7 heteroatoms. The number of nitrogens with two attached hydrogens (primary N) is 1. The number of hydrogen-bond acceptors (Lipinski definition) is 4. The minimum Gasteiger partial charge on any atom is -0.385 e. The third-order valence-electron chi connectivity index (χ3n) is 3.98. The highest BCUT2D eigenvalue weighted by Gasteiger charge is 2.54. The van der Waals surface area contributed by atoms with Gasteiger partial charge in [-0.05, 0) is 12.5 Å². The third-order valence-corrected chi connectivity index (χ3v) is 5.75. The molecule has 0 aromatic heterocycles. The predicted octanol–water partition coefficient (Wildman–Crippen LogP) is 0.485. The average Bonchev–Trinajstić information content (AvgIpc) is 2.68. The molecule has 1 spiro atoms. The van der Waals surface area contributed by atoms with Crippen LogP contribution in [0.4, 0.5) is 4.79 Å². The highest BCUT2D eigenvalue weighted by atomic mass is 32.2. The SMILES string of the molecule is C#CCN1C(=O)N=C(N)C12CCS(=O)(=O)c1ccccc12. The van der Waals surface area contributed by atoms with E-state index < -0.39 is 21.4 Å². The van der Waals surface area contributed by atoms with Crippen molar-refractivity contribution in [2.75, 3.05) is 12.3 Å². The maximum Gasteiger partial charge on any atom is 0.347 e. The molecule has 2 heterocycles. The quantitative estimate of drug-likeness (QED) is 0.764. The van der Waals surface area contributed by atoms with Crippen LogP contribution in [0.15, 0.2) is 34.2 Å². The molecule has 2 aliphatic rings. The maximum atomic E-state index is 12.2. The molecule has 1 aromatic carbocycles. The lowest BCUT2D eigenvalue weighted by Crippen LogP contribution is -2.54. The fourth-order valence-corrected chi connectivity index (χ4v) is 4.65. The Hall–Kier alpha value is -2.33. The van der Waals surface area contributed by atoms with E-state index in [9.17, 15) is 13.2 Å². The number of rotatable bonds is 1. The molecule has 1 atom stereocenters. The van der Waals surface area contributed by atoms with Crippen molar-refractivity contribution in [2.24, 2.45) is 10.7 Å². The second kappa shape index (κ2) is 4.33. The van der Waals surface area contributed by atoms with Crippen LogP contribution in [-0.2, 0) is 15.4 Å². The van der Waals surface area contributed by atoms with Crippen LogP contribution in [0.1, 0.15) is 12.0 Å². The Kier molecular flexibility index (Phi) is 2.81. The number of carbonyl (C=O) groups excluding carboxylic acids is 1. The smallest absolute Gasteiger partial charge is 0.347 e. The van der Waals surface area contributed by atoms with Gasteiger partial charge in [-0.3, -0.25) is 4.90 Å². The zero-order valence-electron chi connectivity index (χ0n) is 11.1.